The molecule has 18 heavy (non-hydrogen) atoms. The second-order valence-electron chi connectivity index (χ2n) is 6.98. The predicted molar refractivity (Wildman–Crippen MR) is 68.2 cm³/mol. The number of fused-ring (bicyclic) bond motifs is 3. The Hall–Kier alpha value is -0.570. The minimum atomic E-state index is -0.638. The van der Waals surface area contributed by atoms with Gasteiger partial charge in [-0.2, -0.15) is 0 Å². The lowest BCUT2D eigenvalue weighted by atomic mass is 9.57. The lowest BCUT2D eigenvalue weighted by Crippen LogP contribution is -2.45. The zero-order valence-electron chi connectivity index (χ0n) is 11.6. The van der Waals surface area contributed by atoms with E-state index >= 15 is 0 Å². The molecule has 1 N–H and O–H groups in total. The lowest BCUT2D eigenvalue weighted by Gasteiger charge is -2.45. The highest BCUT2D eigenvalue weighted by Crippen LogP contribution is 2.60. The van der Waals surface area contributed by atoms with Crippen molar-refractivity contribution in [2.75, 3.05) is 0 Å². The van der Waals surface area contributed by atoms with E-state index in [1.165, 1.54) is 12.8 Å². The van der Waals surface area contributed by atoms with E-state index in [0.717, 1.165) is 18.8 Å². The number of hydrogen-bond acceptors (Lipinski definition) is 2. The Kier molecular flexibility index (Phi) is 2.74. The molecule has 0 aromatic rings. The summed E-state index contributed by atoms with van der Waals surface area (Å²) in [7, 11) is 0. The number of aliphatic carboxylic acids is 1. The van der Waals surface area contributed by atoms with Crippen LogP contribution in [0.5, 0.6) is 0 Å². The zero-order chi connectivity index (χ0) is 13.1. The quantitative estimate of drug-likeness (QED) is 0.769. The van der Waals surface area contributed by atoms with Gasteiger partial charge in [0.05, 0.1) is 17.6 Å². The highest BCUT2D eigenvalue weighted by molar-refractivity contribution is 5.70. The molecule has 3 rings (SSSR count). The Morgan fingerprint density at radius 2 is 2.11 bits per heavy atom. The van der Waals surface area contributed by atoms with Crippen molar-refractivity contribution in [3.05, 3.63) is 0 Å². The predicted octanol–water partition coefficient (Wildman–Crippen LogP) is 2.94. The van der Waals surface area contributed by atoms with Gasteiger partial charge in [0.25, 0.3) is 0 Å². The molecule has 0 radical (unpaired) electrons. The maximum atomic E-state index is 11.3. The highest BCUT2D eigenvalue weighted by atomic mass is 16.6. The first-order chi connectivity index (χ1) is 8.44. The molecule has 0 spiro atoms. The molecule has 3 heteroatoms. The first kappa shape index (κ1) is 12.5. The molecule has 1 saturated heterocycles. The van der Waals surface area contributed by atoms with Crippen molar-refractivity contribution in [1.29, 1.82) is 0 Å². The summed E-state index contributed by atoms with van der Waals surface area (Å²) >= 11 is 0. The molecular weight excluding hydrogens is 228 g/mol. The molecule has 0 aromatic carbocycles. The molecule has 0 amide bonds. The molecule has 2 aliphatic carbocycles. The van der Waals surface area contributed by atoms with Crippen molar-refractivity contribution in [2.24, 2.45) is 29.6 Å². The van der Waals surface area contributed by atoms with Crippen molar-refractivity contribution in [3.63, 3.8) is 0 Å². The second kappa shape index (κ2) is 3.96. The second-order valence-corrected chi connectivity index (χ2v) is 6.98. The zero-order valence-corrected chi connectivity index (χ0v) is 11.6. The normalized spacial score (nSPS) is 52.1. The van der Waals surface area contributed by atoms with Gasteiger partial charge < -0.3 is 9.84 Å². The molecule has 102 valence electrons. The monoisotopic (exact) mass is 252 g/mol. The highest BCUT2D eigenvalue weighted by Gasteiger charge is 2.64. The Balaban J connectivity index is 1.85. The third-order valence-electron chi connectivity index (χ3n) is 5.97. The minimum absolute atomic E-state index is 0.0781. The minimum Gasteiger partial charge on any atom is -0.481 e. The van der Waals surface area contributed by atoms with Gasteiger partial charge >= 0.3 is 5.97 Å². The molecule has 3 nitrogen and oxygen atoms in total. The standard InChI is InChI=1S/C15H24O3/c1-8-4-5-11(9(2)14(16)17)12-10(8)6-7-15(3)13(12)18-15/h8-13H,4-7H2,1-3H3,(H,16,17)/t8?,9?,10-,11-,12-,13?,15+/m0/s1. The maximum absolute atomic E-state index is 11.3. The lowest BCUT2D eigenvalue weighted by molar-refractivity contribution is -0.145. The van der Waals surface area contributed by atoms with Gasteiger partial charge in [-0.1, -0.05) is 20.3 Å². The van der Waals surface area contributed by atoms with Crippen LogP contribution in [0.15, 0.2) is 0 Å². The molecule has 1 aliphatic heterocycles. The average Bonchev–Trinajstić information content (AvgIpc) is 3.01. The summed E-state index contributed by atoms with van der Waals surface area (Å²) in [4.78, 5) is 11.3. The number of epoxide rings is 1. The van der Waals surface area contributed by atoms with E-state index in [-0.39, 0.29) is 11.5 Å². The van der Waals surface area contributed by atoms with E-state index in [1.54, 1.807) is 0 Å². The van der Waals surface area contributed by atoms with Crippen LogP contribution in [0.25, 0.3) is 0 Å². The van der Waals surface area contributed by atoms with E-state index < -0.39 is 5.97 Å². The average molecular weight is 252 g/mol. The van der Waals surface area contributed by atoms with Crippen LogP contribution in [0.4, 0.5) is 0 Å². The SMILES string of the molecule is CC1CC[C@@H](C(C)C(=O)O)[C@H]2C3O[C@]3(C)CC[C@@H]12. The van der Waals surface area contributed by atoms with E-state index in [2.05, 4.69) is 13.8 Å². The summed E-state index contributed by atoms with van der Waals surface area (Å²) in [5.74, 6) is 1.36. The molecule has 3 unspecified atom stereocenters. The third-order valence-corrected chi connectivity index (χ3v) is 5.97. The van der Waals surface area contributed by atoms with E-state index in [9.17, 15) is 9.90 Å². The molecular formula is C15H24O3. The molecule has 3 aliphatic rings. The van der Waals surface area contributed by atoms with Crippen molar-refractivity contribution >= 4 is 5.97 Å². The molecule has 2 saturated carbocycles. The molecule has 0 bridgehead atoms. The van der Waals surface area contributed by atoms with E-state index in [4.69, 9.17) is 4.74 Å². The van der Waals surface area contributed by atoms with Gasteiger partial charge in [0.1, 0.15) is 0 Å². The Bertz CT molecular complexity index is 367. The van der Waals surface area contributed by atoms with Gasteiger partial charge in [-0.3, -0.25) is 4.79 Å². The van der Waals surface area contributed by atoms with Crippen LogP contribution >= 0.6 is 0 Å². The van der Waals surface area contributed by atoms with Crippen LogP contribution in [0.2, 0.25) is 0 Å². The Morgan fingerprint density at radius 3 is 2.78 bits per heavy atom. The number of hydrogen-bond donors (Lipinski definition) is 1. The van der Waals surface area contributed by atoms with Gasteiger partial charge in [-0.05, 0) is 49.9 Å². The number of carboxylic acids is 1. The van der Waals surface area contributed by atoms with Crippen molar-refractivity contribution in [1.82, 2.24) is 0 Å². The fourth-order valence-corrected chi connectivity index (χ4v) is 4.65. The van der Waals surface area contributed by atoms with Crippen LogP contribution in [0.1, 0.15) is 46.5 Å². The summed E-state index contributed by atoms with van der Waals surface area (Å²) < 4.78 is 5.95. The molecule has 3 fully saturated rings. The van der Waals surface area contributed by atoms with Crippen LogP contribution in [0, 0.1) is 29.6 Å². The van der Waals surface area contributed by atoms with Gasteiger partial charge in [-0.25, -0.2) is 0 Å². The third kappa shape index (κ3) is 1.70. The molecule has 1 heterocycles. The van der Waals surface area contributed by atoms with Crippen molar-refractivity contribution in [2.45, 2.75) is 58.2 Å². The Morgan fingerprint density at radius 1 is 1.39 bits per heavy atom. The van der Waals surface area contributed by atoms with Crippen LogP contribution < -0.4 is 0 Å². The summed E-state index contributed by atoms with van der Waals surface area (Å²) in [6.45, 7) is 6.42. The summed E-state index contributed by atoms with van der Waals surface area (Å²) in [5, 5.41) is 9.31. The number of carboxylic acid groups (broad SMARTS) is 1. The fraction of sp³-hybridized carbons (Fsp3) is 0.933. The molecule has 0 aromatic heterocycles. The summed E-state index contributed by atoms with van der Waals surface area (Å²) in [6, 6.07) is 0. The van der Waals surface area contributed by atoms with Gasteiger partial charge in [0, 0.05) is 0 Å². The van der Waals surface area contributed by atoms with Gasteiger partial charge in [-0.15, -0.1) is 0 Å². The smallest absolute Gasteiger partial charge is 0.306 e. The first-order valence-corrected chi connectivity index (χ1v) is 7.34. The van der Waals surface area contributed by atoms with E-state index in [1.807, 2.05) is 6.92 Å². The van der Waals surface area contributed by atoms with Crippen LogP contribution in [0.3, 0.4) is 0 Å². The number of rotatable bonds is 2. The van der Waals surface area contributed by atoms with Crippen molar-refractivity contribution in [3.8, 4) is 0 Å². The molecule has 7 atom stereocenters. The fourth-order valence-electron chi connectivity index (χ4n) is 4.65. The van der Waals surface area contributed by atoms with Crippen molar-refractivity contribution < 1.29 is 14.6 Å². The van der Waals surface area contributed by atoms with Crippen LogP contribution in [-0.2, 0) is 9.53 Å². The van der Waals surface area contributed by atoms with Gasteiger partial charge in [0.2, 0.25) is 0 Å². The summed E-state index contributed by atoms with van der Waals surface area (Å²) in [5.41, 5.74) is 0.0781. The number of ether oxygens (including phenoxy) is 1. The number of carbonyl (C=O) groups is 1. The van der Waals surface area contributed by atoms with Crippen LogP contribution in [-0.4, -0.2) is 22.8 Å². The first-order valence-electron chi connectivity index (χ1n) is 7.34. The van der Waals surface area contributed by atoms with Gasteiger partial charge in [0.15, 0.2) is 0 Å². The Labute approximate surface area is 109 Å². The summed E-state index contributed by atoms with van der Waals surface area (Å²) in [6.07, 6.45) is 4.98. The maximum Gasteiger partial charge on any atom is 0.306 e. The largest absolute Gasteiger partial charge is 0.481 e. The topological polar surface area (TPSA) is 49.8 Å². The van der Waals surface area contributed by atoms with E-state index in [0.29, 0.717) is 23.9 Å².